The van der Waals surface area contributed by atoms with Crippen molar-refractivity contribution in [3.8, 4) is 11.5 Å². The highest BCUT2D eigenvalue weighted by molar-refractivity contribution is 5.96. The average molecular weight is 312 g/mol. The van der Waals surface area contributed by atoms with Crippen molar-refractivity contribution in [3.63, 3.8) is 0 Å². The molecule has 0 aliphatic carbocycles. The Morgan fingerprint density at radius 1 is 1.00 bits per heavy atom. The molecule has 0 aromatic heterocycles. The Hall–Kier alpha value is -2.69. The Balaban J connectivity index is 1.63. The van der Waals surface area contributed by atoms with Gasteiger partial charge in [-0.25, -0.2) is 0 Å². The third-order valence-electron chi connectivity index (χ3n) is 3.64. The Bertz CT molecular complexity index is 698. The van der Waals surface area contributed by atoms with Gasteiger partial charge in [0.2, 0.25) is 5.91 Å². The maximum absolute atomic E-state index is 12.3. The Morgan fingerprint density at radius 2 is 1.65 bits per heavy atom. The van der Waals surface area contributed by atoms with Crippen molar-refractivity contribution in [2.45, 2.75) is 19.9 Å². The molecule has 1 heterocycles. The zero-order valence-corrected chi connectivity index (χ0v) is 13.3. The average Bonchev–Trinajstić information content (AvgIpc) is 2.56. The van der Waals surface area contributed by atoms with E-state index in [-0.39, 0.29) is 11.9 Å². The summed E-state index contributed by atoms with van der Waals surface area (Å²) in [7, 11) is 0. The van der Waals surface area contributed by atoms with E-state index < -0.39 is 0 Å². The van der Waals surface area contributed by atoms with Crippen molar-refractivity contribution in [1.82, 2.24) is 0 Å². The first-order chi connectivity index (χ1) is 11.1. The van der Waals surface area contributed by atoms with Gasteiger partial charge in [-0.15, -0.1) is 0 Å². The van der Waals surface area contributed by atoms with Crippen LogP contribution in [0.3, 0.4) is 0 Å². The topological polar surface area (TPSA) is 59.6 Å². The van der Waals surface area contributed by atoms with E-state index in [0.29, 0.717) is 30.4 Å². The molecule has 1 unspecified atom stereocenters. The fraction of sp³-hybridized carbons (Fsp3) is 0.278. The van der Waals surface area contributed by atoms with E-state index in [0.717, 1.165) is 5.69 Å². The lowest BCUT2D eigenvalue weighted by Crippen LogP contribution is -2.31. The molecule has 1 amide bonds. The lowest BCUT2D eigenvalue weighted by molar-refractivity contribution is -0.116. The van der Waals surface area contributed by atoms with Crippen LogP contribution < -0.4 is 20.1 Å². The zero-order chi connectivity index (χ0) is 16.2. The number of benzene rings is 2. The molecule has 2 aromatic carbocycles. The van der Waals surface area contributed by atoms with Crippen LogP contribution in [0.5, 0.6) is 11.5 Å². The van der Waals surface area contributed by atoms with Gasteiger partial charge in [-0.05, 0) is 38.1 Å². The Kier molecular flexibility index (Phi) is 4.37. The normalized spacial score (nSPS) is 14.0. The summed E-state index contributed by atoms with van der Waals surface area (Å²) in [5.41, 5.74) is 2.79. The van der Waals surface area contributed by atoms with Gasteiger partial charge in [0.25, 0.3) is 0 Å². The lowest BCUT2D eigenvalue weighted by atomic mass is 10.2. The van der Waals surface area contributed by atoms with E-state index in [9.17, 15) is 4.79 Å². The summed E-state index contributed by atoms with van der Waals surface area (Å²) in [6.45, 7) is 4.93. The van der Waals surface area contributed by atoms with Crippen molar-refractivity contribution >= 4 is 17.3 Å². The molecular weight excluding hydrogens is 292 g/mol. The third kappa shape index (κ3) is 3.74. The van der Waals surface area contributed by atoms with Gasteiger partial charge in [0.1, 0.15) is 19.3 Å². The summed E-state index contributed by atoms with van der Waals surface area (Å²) >= 11 is 0. The summed E-state index contributed by atoms with van der Waals surface area (Å²) in [6.07, 6.45) is 0. The predicted octanol–water partition coefficient (Wildman–Crippen LogP) is 3.21. The molecule has 120 valence electrons. The van der Waals surface area contributed by atoms with Crippen LogP contribution >= 0.6 is 0 Å². The highest BCUT2D eigenvalue weighted by atomic mass is 16.6. The van der Waals surface area contributed by atoms with E-state index in [1.807, 2.05) is 50.2 Å². The molecule has 23 heavy (non-hydrogen) atoms. The summed E-state index contributed by atoms with van der Waals surface area (Å²) in [4.78, 5) is 12.3. The van der Waals surface area contributed by atoms with Crippen LogP contribution in [0.4, 0.5) is 11.4 Å². The fourth-order valence-corrected chi connectivity index (χ4v) is 2.34. The molecular formula is C18H20N2O3. The van der Waals surface area contributed by atoms with Crippen LogP contribution in [-0.4, -0.2) is 25.2 Å². The monoisotopic (exact) mass is 312 g/mol. The quantitative estimate of drug-likeness (QED) is 0.910. The highest BCUT2D eigenvalue weighted by Crippen LogP contribution is 2.32. The first kappa shape index (κ1) is 15.2. The number of ether oxygens (including phenoxy) is 2. The fourth-order valence-electron chi connectivity index (χ4n) is 2.34. The van der Waals surface area contributed by atoms with Gasteiger partial charge in [0.15, 0.2) is 11.5 Å². The van der Waals surface area contributed by atoms with E-state index in [1.54, 1.807) is 6.07 Å². The SMILES string of the molecule is Cc1ccc(NC(C)C(=O)Nc2ccc3c(c2)OCCO3)cc1. The molecule has 0 bridgehead atoms. The highest BCUT2D eigenvalue weighted by Gasteiger charge is 2.16. The number of nitrogens with one attached hydrogen (secondary N) is 2. The second kappa shape index (κ2) is 6.60. The zero-order valence-electron chi connectivity index (χ0n) is 13.3. The molecule has 5 heteroatoms. The van der Waals surface area contributed by atoms with Crippen molar-refractivity contribution in [2.24, 2.45) is 0 Å². The van der Waals surface area contributed by atoms with E-state index in [1.165, 1.54) is 5.56 Å². The van der Waals surface area contributed by atoms with Crippen LogP contribution in [0.2, 0.25) is 0 Å². The van der Waals surface area contributed by atoms with Gasteiger partial charge in [-0.2, -0.15) is 0 Å². The molecule has 0 spiro atoms. The van der Waals surface area contributed by atoms with Crippen molar-refractivity contribution in [2.75, 3.05) is 23.8 Å². The third-order valence-corrected chi connectivity index (χ3v) is 3.64. The number of rotatable bonds is 4. The van der Waals surface area contributed by atoms with Crippen LogP contribution in [0, 0.1) is 6.92 Å². The largest absolute Gasteiger partial charge is 0.486 e. The number of aryl methyl sites for hydroxylation is 1. The Labute approximate surface area is 135 Å². The summed E-state index contributed by atoms with van der Waals surface area (Å²) in [5, 5.41) is 6.07. The molecule has 5 nitrogen and oxygen atoms in total. The predicted molar refractivity (Wildman–Crippen MR) is 90.3 cm³/mol. The Morgan fingerprint density at radius 3 is 2.39 bits per heavy atom. The van der Waals surface area contributed by atoms with Crippen molar-refractivity contribution in [1.29, 1.82) is 0 Å². The van der Waals surface area contributed by atoms with Gasteiger partial charge >= 0.3 is 0 Å². The van der Waals surface area contributed by atoms with Gasteiger partial charge < -0.3 is 20.1 Å². The minimum absolute atomic E-state index is 0.109. The minimum Gasteiger partial charge on any atom is -0.486 e. The number of fused-ring (bicyclic) bond motifs is 1. The summed E-state index contributed by atoms with van der Waals surface area (Å²) < 4.78 is 11.0. The van der Waals surface area contributed by atoms with Crippen LogP contribution in [-0.2, 0) is 4.79 Å². The number of carbonyl (C=O) groups excluding carboxylic acids is 1. The summed E-state index contributed by atoms with van der Waals surface area (Å²) in [5.74, 6) is 1.26. The molecule has 0 fully saturated rings. The number of hydrogen-bond donors (Lipinski definition) is 2. The standard InChI is InChI=1S/C18H20N2O3/c1-12-3-5-14(6-4-12)19-13(2)18(21)20-15-7-8-16-17(11-15)23-10-9-22-16/h3-8,11,13,19H,9-10H2,1-2H3,(H,20,21). The smallest absolute Gasteiger partial charge is 0.246 e. The molecule has 0 saturated carbocycles. The molecule has 2 aromatic rings. The molecule has 0 saturated heterocycles. The molecule has 0 radical (unpaired) electrons. The number of hydrogen-bond acceptors (Lipinski definition) is 4. The first-order valence-electron chi connectivity index (χ1n) is 7.65. The van der Waals surface area contributed by atoms with Gasteiger partial charge in [0, 0.05) is 17.4 Å². The number of anilines is 2. The molecule has 1 atom stereocenters. The van der Waals surface area contributed by atoms with Crippen molar-refractivity contribution in [3.05, 3.63) is 48.0 Å². The maximum atomic E-state index is 12.3. The van der Waals surface area contributed by atoms with Gasteiger partial charge in [0.05, 0.1) is 0 Å². The molecule has 2 N–H and O–H groups in total. The first-order valence-corrected chi connectivity index (χ1v) is 7.65. The van der Waals surface area contributed by atoms with Crippen LogP contribution in [0.1, 0.15) is 12.5 Å². The van der Waals surface area contributed by atoms with E-state index >= 15 is 0 Å². The lowest BCUT2D eigenvalue weighted by Gasteiger charge is -2.20. The van der Waals surface area contributed by atoms with Crippen LogP contribution in [0.25, 0.3) is 0 Å². The van der Waals surface area contributed by atoms with E-state index in [2.05, 4.69) is 10.6 Å². The minimum atomic E-state index is -0.356. The molecule has 1 aliphatic heterocycles. The number of carbonyl (C=O) groups is 1. The van der Waals surface area contributed by atoms with Gasteiger partial charge in [-0.3, -0.25) is 4.79 Å². The molecule has 1 aliphatic rings. The van der Waals surface area contributed by atoms with Crippen LogP contribution in [0.15, 0.2) is 42.5 Å². The van der Waals surface area contributed by atoms with Crippen molar-refractivity contribution < 1.29 is 14.3 Å². The second-order valence-corrected chi connectivity index (χ2v) is 5.58. The van der Waals surface area contributed by atoms with Gasteiger partial charge in [-0.1, -0.05) is 17.7 Å². The summed E-state index contributed by atoms with van der Waals surface area (Å²) in [6, 6.07) is 13.0. The maximum Gasteiger partial charge on any atom is 0.246 e. The number of amides is 1. The molecule has 3 rings (SSSR count). The van der Waals surface area contributed by atoms with E-state index in [4.69, 9.17) is 9.47 Å². The second-order valence-electron chi connectivity index (χ2n) is 5.58.